The maximum atomic E-state index is 2.42. The fraction of sp³-hybridized carbons (Fsp3) is 0. The highest BCUT2D eigenvalue weighted by Gasteiger charge is 2.20. The monoisotopic (exact) mass is 649 g/mol. The average Bonchev–Trinajstić information content (AvgIpc) is 3.21. The van der Waals surface area contributed by atoms with E-state index in [2.05, 4.69) is 217 Å². The van der Waals surface area contributed by atoms with Gasteiger partial charge in [-0.15, -0.1) is 0 Å². The molecule has 0 N–H and O–H groups in total. The van der Waals surface area contributed by atoms with E-state index in [1.807, 2.05) is 0 Å². The summed E-state index contributed by atoms with van der Waals surface area (Å²) in [5.41, 5.74) is 12.8. The third-order valence-corrected chi connectivity index (χ3v) is 9.84. The first-order chi connectivity index (χ1) is 25.3. The molecule has 0 aromatic heterocycles. The summed E-state index contributed by atoms with van der Waals surface area (Å²) >= 11 is 0. The van der Waals surface area contributed by atoms with Crippen LogP contribution in [0.25, 0.3) is 66.1 Å². The Hall–Kier alpha value is -6.70. The molecule has 1 heteroatoms. The first kappa shape index (κ1) is 30.4. The predicted octanol–water partition coefficient (Wildman–Crippen LogP) is 14.1. The SMILES string of the molecule is c1ccc(-c2cccc(N(c3ccc(-c4cccc5ccccc45)cc3)c3cc(-c4ccc5ccccc5c4)ccc3-c3ccccc3)c2)cc1. The van der Waals surface area contributed by atoms with Gasteiger partial charge in [-0.1, -0.05) is 176 Å². The van der Waals surface area contributed by atoms with E-state index in [1.54, 1.807) is 0 Å². The van der Waals surface area contributed by atoms with Crippen LogP contribution in [0.15, 0.2) is 212 Å². The van der Waals surface area contributed by atoms with Crippen molar-refractivity contribution in [2.45, 2.75) is 0 Å². The van der Waals surface area contributed by atoms with Crippen LogP contribution in [0.2, 0.25) is 0 Å². The molecule has 0 bridgehead atoms. The van der Waals surface area contributed by atoms with Gasteiger partial charge in [0.2, 0.25) is 0 Å². The van der Waals surface area contributed by atoms with Crippen molar-refractivity contribution in [3.05, 3.63) is 212 Å². The number of nitrogens with zero attached hydrogens (tertiary/aromatic N) is 1. The number of anilines is 3. The molecule has 0 amide bonds. The topological polar surface area (TPSA) is 3.24 Å². The molecule has 0 aliphatic rings. The normalized spacial score (nSPS) is 11.1. The zero-order valence-electron chi connectivity index (χ0n) is 28.2. The number of hydrogen-bond donors (Lipinski definition) is 0. The van der Waals surface area contributed by atoms with Crippen LogP contribution in [0.4, 0.5) is 17.1 Å². The zero-order chi connectivity index (χ0) is 34.0. The smallest absolute Gasteiger partial charge is 0.0546 e. The molecule has 9 aromatic carbocycles. The minimum Gasteiger partial charge on any atom is -0.310 e. The van der Waals surface area contributed by atoms with E-state index in [9.17, 15) is 0 Å². The van der Waals surface area contributed by atoms with E-state index in [0.717, 1.165) is 17.1 Å². The van der Waals surface area contributed by atoms with E-state index in [0.29, 0.717) is 0 Å². The van der Waals surface area contributed by atoms with Gasteiger partial charge in [-0.25, -0.2) is 0 Å². The van der Waals surface area contributed by atoms with Gasteiger partial charge >= 0.3 is 0 Å². The van der Waals surface area contributed by atoms with Gasteiger partial charge in [0.05, 0.1) is 5.69 Å². The molecule has 0 unspecified atom stereocenters. The van der Waals surface area contributed by atoms with Crippen LogP contribution in [0, 0.1) is 0 Å². The van der Waals surface area contributed by atoms with Gasteiger partial charge in [-0.2, -0.15) is 0 Å². The Balaban J connectivity index is 1.25. The summed E-state index contributed by atoms with van der Waals surface area (Å²) in [4.78, 5) is 2.42. The molecule has 0 radical (unpaired) electrons. The van der Waals surface area contributed by atoms with Crippen molar-refractivity contribution in [2.24, 2.45) is 0 Å². The maximum absolute atomic E-state index is 2.42. The standard InChI is InChI=1S/C50H35N/c1-3-13-36(14-4-1)42-21-11-22-46(34-42)51(45-30-27-40(28-31-45)48-24-12-20-38-18-9-10-23-47(38)48)50-35-44(29-32-49(50)39-16-5-2-6-17-39)43-26-25-37-15-7-8-19-41(37)33-43/h1-35H. The Labute approximate surface area is 299 Å². The van der Waals surface area contributed by atoms with Crippen LogP contribution in [0.3, 0.4) is 0 Å². The highest BCUT2D eigenvalue weighted by atomic mass is 15.1. The lowest BCUT2D eigenvalue weighted by Crippen LogP contribution is -2.11. The summed E-state index contributed by atoms with van der Waals surface area (Å²) in [6, 6.07) is 76.8. The molecule has 9 aromatic rings. The second-order valence-electron chi connectivity index (χ2n) is 13.0. The van der Waals surface area contributed by atoms with Gasteiger partial charge in [0, 0.05) is 16.9 Å². The lowest BCUT2D eigenvalue weighted by atomic mass is 9.95. The Morgan fingerprint density at radius 3 is 1.61 bits per heavy atom. The molecule has 240 valence electrons. The van der Waals surface area contributed by atoms with Crippen molar-refractivity contribution in [3.63, 3.8) is 0 Å². The molecule has 0 saturated heterocycles. The van der Waals surface area contributed by atoms with Crippen LogP contribution in [0.1, 0.15) is 0 Å². The molecule has 0 spiro atoms. The van der Waals surface area contributed by atoms with Gasteiger partial charge in [-0.3, -0.25) is 0 Å². The lowest BCUT2D eigenvalue weighted by molar-refractivity contribution is 1.28. The van der Waals surface area contributed by atoms with Gasteiger partial charge in [0.15, 0.2) is 0 Å². The number of benzene rings is 9. The van der Waals surface area contributed by atoms with E-state index in [-0.39, 0.29) is 0 Å². The molecular formula is C50H35N. The van der Waals surface area contributed by atoms with Crippen molar-refractivity contribution in [3.8, 4) is 44.5 Å². The minimum atomic E-state index is 1.09. The number of rotatable bonds is 7. The average molecular weight is 650 g/mol. The van der Waals surface area contributed by atoms with E-state index < -0.39 is 0 Å². The molecule has 0 fully saturated rings. The zero-order valence-corrected chi connectivity index (χ0v) is 28.2. The first-order valence-electron chi connectivity index (χ1n) is 17.5. The van der Waals surface area contributed by atoms with Crippen molar-refractivity contribution in [1.29, 1.82) is 0 Å². The first-order valence-corrected chi connectivity index (χ1v) is 17.5. The lowest BCUT2D eigenvalue weighted by Gasteiger charge is -2.29. The molecule has 0 heterocycles. The molecule has 0 atom stereocenters. The largest absolute Gasteiger partial charge is 0.310 e. The van der Waals surface area contributed by atoms with E-state index in [4.69, 9.17) is 0 Å². The second-order valence-corrected chi connectivity index (χ2v) is 13.0. The minimum absolute atomic E-state index is 1.09. The second kappa shape index (κ2) is 13.3. The van der Waals surface area contributed by atoms with Crippen molar-refractivity contribution in [2.75, 3.05) is 4.90 Å². The Bertz CT molecular complexity index is 2620. The van der Waals surface area contributed by atoms with E-state index in [1.165, 1.54) is 66.1 Å². The molecule has 0 aliphatic carbocycles. The van der Waals surface area contributed by atoms with Crippen LogP contribution in [-0.2, 0) is 0 Å². The molecule has 0 saturated carbocycles. The third kappa shape index (κ3) is 5.96. The fourth-order valence-electron chi connectivity index (χ4n) is 7.28. The maximum Gasteiger partial charge on any atom is 0.0546 e. The van der Waals surface area contributed by atoms with Crippen molar-refractivity contribution in [1.82, 2.24) is 0 Å². The Morgan fingerprint density at radius 2 is 0.804 bits per heavy atom. The number of fused-ring (bicyclic) bond motifs is 2. The summed E-state index contributed by atoms with van der Waals surface area (Å²) in [6.45, 7) is 0. The molecule has 9 rings (SSSR count). The van der Waals surface area contributed by atoms with Gasteiger partial charge in [-0.05, 0) is 96.9 Å². The van der Waals surface area contributed by atoms with Gasteiger partial charge in [0.25, 0.3) is 0 Å². The van der Waals surface area contributed by atoms with Gasteiger partial charge in [0.1, 0.15) is 0 Å². The summed E-state index contributed by atoms with van der Waals surface area (Å²) in [6.07, 6.45) is 0. The van der Waals surface area contributed by atoms with Gasteiger partial charge < -0.3 is 4.90 Å². The fourth-order valence-corrected chi connectivity index (χ4v) is 7.28. The predicted molar refractivity (Wildman–Crippen MR) is 218 cm³/mol. The highest BCUT2D eigenvalue weighted by Crippen LogP contribution is 2.44. The van der Waals surface area contributed by atoms with Crippen LogP contribution in [-0.4, -0.2) is 0 Å². The molecule has 0 aliphatic heterocycles. The van der Waals surface area contributed by atoms with Crippen molar-refractivity contribution >= 4 is 38.6 Å². The summed E-state index contributed by atoms with van der Waals surface area (Å²) in [5.74, 6) is 0. The van der Waals surface area contributed by atoms with Crippen LogP contribution < -0.4 is 4.90 Å². The van der Waals surface area contributed by atoms with E-state index >= 15 is 0 Å². The Kier molecular flexibility index (Phi) is 7.92. The quantitative estimate of drug-likeness (QED) is 0.166. The number of hydrogen-bond acceptors (Lipinski definition) is 1. The molecular weight excluding hydrogens is 615 g/mol. The third-order valence-electron chi connectivity index (χ3n) is 9.84. The van der Waals surface area contributed by atoms with Crippen molar-refractivity contribution < 1.29 is 0 Å². The molecule has 1 nitrogen and oxygen atoms in total. The van der Waals surface area contributed by atoms with Crippen LogP contribution in [0.5, 0.6) is 0 Å². The van der Waals surface area contributed by atoms with Crippen LogP contribution >= 0.6 is 0 Å². The summed E-state index contributed by atoms with van der Waals surface area (Å²) < 4.78 is 0. The summed E-state index contributed by atoms with van der Waals surface area (Å²) in [5, 5.41) is 4.99. The molecule has 51 heavy (non-hydrogen) atoms. The summed E-state index contributed by atoms with van der Waals surface area (Å²) in [7, 11) is 0. The Morgan fingerprint density at radius 1 is 0.255 bits per heavy atom. The highest BCUT2D eigenvalue weighted by molar-refractivity contribution is 5.98.